The van der Waals surface area contributed by atoms with E-state index < -0.39 is 16.8 Å². The van der Waals surface area contributed by atoms with Crippen LogP contribution in [0.5, 0.6) is 0 Å². The SMILES string of the molecule is CC(C)(C)n1c(=O)[nH]c(Cl)c(-c2cccc(Cl)c2)c1=O. The van der Waals surface area contributed by atoms with Crippen molar-refractivity contribution in [1.29, 1.82) is 0 Å². The minimum absolute atomic E-state index is 0.0165. The molecule has 0 saturated carbocycles. The molecule has 106 valence electrons. The largest absolute Gasteiger partial charge is 0.330 e. The Bertz CT molecular complexity index is 770. The lowest BCUT2D eigenvalue weighted by molar-refractivity contribution is 0.367. The second kappa shape index (κ2) is 5.11. The molecule has 0 aliphatic rings. The monoisotopic (exact) mass is 312 g/mol. The van der Waals surface area contributed by atoms with Gasteiger partial charge in [-0.15, -0.1) is 0 Å². The number of benzene rings is 1. The summed E-state index contributed by atoms with van der Waals surface area (Å²) in [4.78, 5) is 27.0. The fourth-order valence-electron chi connectivity index (χ4n) is 2.01. The summed E-state index contributed by atoms with van der Waals surface area (Å²) < 4.78 is 1.15. The number of hydrogen-bond donors (Lipinski definition) is 1. The van der Waals surface area contributed by atoms with Crippen molar-refractivity contribution in [3.63, 3.8) is 0 Å². The van der Waals surface area contributed by atoms with Crippen molar-refractivity contribution in [2.75, 3.05) is 0 Å². The van der Waals surface area contributed by atoms with Crippen molar-refractivity contribution in [2.45, 2.75) is 26.3 Å². The number of nitrogens with one attached hydrogen (secondary N) is 1. The molecule has 1 aromatic carbocycles. The van der Waals surface area contributed by atoms with Crippen molar-refractivity contribution < 1.29 is 0 Å². The van der Waals surface area contributed by atoms with Crippen LogP contribution in [0.15, 0.2) is 33.9 Å². The molecule has 0 spiro atoms. The molecule has 6 heteroatoms. The molecule has 2 aromatic rings. The van der Waals surface area contributed by atoms with Gasteiger partial charge in [-0.1, -0.05) is 35.3 Å². The Labute approximate surface area is 126 Å². The van der Waals surface area contributed by atoms with E-state index in [9.17, 15) is 9.59 Å². The zero-order valence-corrected chi connectivity index (χ0v) is 12.8. The van der Waals surface area contributed by atoms with E-state index in [4.69, 9.17) is 23.2 Å². The Morgan fingerprint density at radius 2 is 1.80 bits per heavy atom. The zero-order chi connectivity index (χ0) is 15.1. The van der Waals surface area contributed by atoms with Gasteiger partial charge in [-0.2, -0.15) is 0 Å². The standard InChI is InChI=1S/C14H14Cl2N2O2/c1-14(2,3)18-12(19)10(11(16)17-13(18)20)8-5-4-6-9(15)7-8/h4-7H,1-3H3,(H,17,20). The number of aromatic nitrogens is 2. The van der Waals surface area contributed by atoms with Crippen LogP contribution < -0.4 is 11.2 Å². The van der Waals surface area contributed by atoms with Gasteiger partial charge in [0.15, 0.2) is 0 Å². The van der Waals surface area contributed by atoms with Crippen molar-refractivity contribution in [2.24, 2.45) is 0 Å². The lowest BCUT2D eigenvalue weighted by Gasteiger charge is -2.22. The van der Waals surface area contributed by atoms with Gasteiger partial charge in [0, 0.05) is 10.6 Å². The third-order valence-corrected chi connectivity index (χ3v) is 3.36. The summed E-state index contributed by atoms with van der Waals surface area (Å²) in [5, 5.41) is 0.509. The average Bonchev–Trinajstić information content (AvgIpc) is 2.25. The highest BCUT2D eigenvalue weighted by Gasteiger charge is 2.22. The normalized spacial score (nSPS) is 11.7. The molecule has 1 heterocycles. The first-order valence-corrected chi connectivity index (χ1v) is 6.78. The maximum absolute atomic E-state index is 12.6. The van der Waals surface area contributed by atoms with Gasteiger partial charge in [0.2, 0.25) is 0 Å². The van der Waals surface area contributed by atoms with E-state index in [1.165, 1.54) is 0 Å². The van der Waals surface area contributed by atoms with E-state index >= 15 is 0 Å². The third kappa shape index (κ3) is 2.67. The lowest BCUT2D eigenvalue weighted by atomic mass is 10.1. The second-order valence-corrected chi connectivity index (χ2v) is 6.26. The van der Waals surface area contributed by atoms with Crippen LogP contribution in [0, 0.1) is 0 Å². The number of hydrogen-bond acceptors (Lipinski definition) is 2. The molecule has 0 atom stereocenters. The van der Waals surface area contributed by atoms with Gasteiger partial charge in [-0.25, -0.2) is 4.79 Å². The molecule has 4 nitrogen and oxygen atoms in total. The topological polar surface area (TPSA) is 54.9 Å². The third-order valence-electron chi connectivity index (χ3n) is 2.84. The number of H-pyrrole nitrogens is 1. The van der Waals surface area contributed by atoms with Crippen LogP contribution >= 0.6 is 23.2 Å². The first-order chi connectivity index (χ1) is 9.21. The van der Waals surface area contributed by atoms with E-state index in [1.807, 2.05) is 0 Å². The first kappa shape index (κ1) is 14.9. The van der Waals surface area contributed by atoms with E-state index in [0.29, 0.717) is 10.6 Å². The first-order valence-electron chi connectivity index (χ1n) is 6.03. The van der Waals surface area contributed by atoms with Crippen molar-refractivity contribution in [3.8, 4) is 11.1 Å². The molecule has 0 fully saturated rings. The van der Waals surface area contributed by atoms with Crippen LogP contribution in [0.1, 0.15) is 20.8 Å². The summed E-state index contributed by atoms with van der Waals surface area (Å²) in [7, 11) is 0. The predicted octanol–water partition coefficient (Wildman–Crippen LogP) is 3.27. The van der Waals surface area contributed by atoms with Crippen molar-refractivity contribution in [1.82, 2.24) is 9.55 Å². The fourth-order valence-corrected chi connectivity index (χ4v) is 2.47. The Morgan fingerprint density at radius 1 is 1.15 bits per heavy atom. The molecule has 0 bridgehead atoms. The maximum Gasteiger partial charge on any atom is 0.330 e. The smallest absolute Gasteiger partial charge is 0.297 e. The maximum atomic E-state index is 12.6. The Balaban J connectivity index is 2.85. The molecule has 1 N–H and O–H groups in total. The zero-order valence-electron chi connectivity index (χ0n) is 11.3. The minimum atomic E-state index is -0.650. The van der Waals surface area contributed by atoms with Crippen LogP contribution in [-0.2, 0) is 5.54 Å². The second-order valence-electron chi connectivity index (χ2n) is 5.44. The molecule has 0 aliphatic carbocycles. The van der Waals surface area contributed by atoms with E-state index in [0.717, 1.165) is 4.57 Å². The van der Waals surface area contributed by atoms with Crippen LogP contribution in [-0.4, -0.2) is 9.55 Å². The van der Waals surface area contributed by atoms with Gasteiger partial charge in [0.05, 0.1) is 5.56 Å². The number of halogens is 2. The van der Waals surface area contributed by atoms with Gasteiger partial charge in [0.1, 0.15) is 5.15 Å². The molecular weight excluding hydrogens is 299 g/mol. The molecule has 20 heavy (non-hydrogen) atoms. The highest BCUT2D eigenvalue weighted by atomic mass is 35.5. The Hall–Kier alpha value is -1.52. The molecule has 0 aliphatic heterocycles. The van der Waals surface area contributed by atoms with Crippen LogP contribution in [0.4, 0.5) is 0 Å². The number of nitrogens with zero attached hydrogens (tertiary/aromatic N) is 1. The van der Waals surface area contributed by atoms with Crippen LogP contribution in [0.25, 0.3) is 11.1 Å². The number of rotatable bonds is 1. The molecule has 0 unspecified atom stereocenters. The van der Waals surface area contributed by atoms with Gasteiger partial charge in [0.25, 0.3) is 5.56 Å². The minimum Gasteiger partial charge on any atom is -0.297 e. The summed E-state index contributed by atoms with van der Waals surface area (Å²) in [6.07, 6.45) is 0. The quantitative estimate of drug-likeness (QED) is 0.822. The van der Waals surface area contributed by atoms with Crippen LogP contribution in [0.3, 0.4) is 0 Å². The van der Waals surface area contributed by atoms with Crippen molar-refractivity contribution >= 4 is 23.2 Å². The van der Waals surface area contributed by atoms with E-state index in [-0.39, 0.29) is 10.7 Å². The summed E-state index contributed by atoms with van der Waals surface area (Å²) in [5.74, 6) is 0. The van der Waals surface area contributed by atoms with Gasteiger partial charge in [-0.3, -0.25) is 14.3 Å². The lowest BCUT2D eigenvalue weighted by Crippen LogP contribution is -2.45. The highest BCUT2D eigenvalue weighted by molar-refractivity contribution is 6.32. The molecule has 0 amide bonds. The fraction of sp³-hybridized carbons (Fsp3) is 0.286. The molecule has 0 saturated heterocycles. The summed E-state index contributed by atoms with van der Waals surface area (Å²) in [6, 6.07) is 6.78. The average molecular weight is 313 g/mol. The molecule has 0 radical (unpaired) electrons. The predicted molar refractivity (Wildman–Crippen MR) is 81.8 cm³/mol. The van der Waals surface area contributed by atoms with E-state index in [1.54, 1.807) is 45.0 Å². The summed E-state index contributed by atoms with van der Waals surface area (Å²) in [6.45, 7) is 5.33. The Morgan fingerprint density at radius 3 is 2.35 bits per heavy atom. The van der Waals surface area contributed by atoms with Crippen molar-refractivity contribution in [3.05, 3.63) is 55.3 Å². The van der Waals surface area contributed by atoms with Gasteiger partial charge < -0.3 is 0 Å². The van der Waals surface area contributed by atoms with Crippen LogP contribution in [0.2, 0.25) is 10.2 Å². The Kier molecular flexibility index (Phi) is 3.80. The van der Waals surface area contributed by atoms with Gasteiger partial charge in [-0.05, 0) is 38.5 Å². The molecular formula is C14H14Cl2N2O2. The highest BCUT2D eigenvalue weighted by Crippen LogP contribution is 2.25. The molecule has 2 rings (SSSR count). The van der Waals surface area contributed by atoms with E-state index in [2.05, 4.69) is 4.98 Å². The molecule has 1 aromatic heterocycles. The summed E-state index contributed by atoms with van der Waals surface area (Å²) in [5.41, 5.74) is -0.806. The number of aromatic amines is 1. The summed E-state index contributed by atoms with van der Waals surface area (Å²) >= 11 is 12.0. The van der Waals surface area contributed by atoms with Gasteiger partial charge >= 0.3 is 5.69 Å².